The van der Waals surface area contributed by atoms with Crippen molar-refractivity contribution in [1.29, 1.82) is 0 Å². The van der Waals surface area contributed by atoms with Gasteiger partial charge in [0.15, 0.2) is 5.76 Å². The van der Waals surface area contributed by atoms with Gasteiger partial charge in [-0.15, -0.1) is 11.3 Å². The zero-order chi connectivity index (χ0) is 17.2. The van der Waals surface area contributed by atoms with Crippen molar-refractivity contribution in [3.8, 4) is 5.75 Å². The fourth-order valence-electron chi connectivity index (χ4n) is 2.89. The number of nitrogens with zero attached hydrogens (tertiary/aromatic N) is 2. The number of furan rings is 1. The number of amides is 1. The summed E-state index contributed by atoms with van der Waals surface area (Å²) in [7, 11) is 1.64. The SMILES string of the molecule is COc1cccc(C2=NN(C(=O)c3ccco3)[C@@H](c3cccs3)C2)c1. The Balaban J connectivity index is 1.71. The lowest BCUT2D eigenvalue weighted by molar-refractivity contribution is 0.0681. The highest BCUT2D eigenvalue weighted by molar-refractivity contribution is 7.10. The molecule has 0 saturated heterocycles. The third-order valence-corrected chi connectivity index (χ3v) is 5.10. The van der Waals surface area contributed by atoms with Gasteiger partial charge in [-0.2, -0.15) is 5.10 Å². The van der Waals surface area contributed by atoms with Crippen molar-refractivity contribution in [2.45, 2.75) is 12.5 Å². The molecule has 4 rings (SSSR count). The van der Waals surface area contributed by atoms with Gasteiger partial charge in [-0.25, -0.2) is 5.01 Å². The molecule has 0 aliphatic carbocycles. The van der Waals surface area contributed by atoms with Gasteiger partial charge in [0.05, 0.1) is 25.1 Å². The van der Waals surface area contributed by atoms with Crippen molar-refractivity contribution in [1.82, 2.24) is 5.01 Å². The summed E-state index contributed by atoms with van der Waals surface area (Å²) in [5, 5.41) is 8.15. The molecule has 2 aromatic heterocycles. The van der Waals surface area contributed by atoms with E-state index < -0.39 is 0 Å². The number of thiophene rings is 1. The number of rotatable bonds is 4. The van der Waals surface area contributed by atoms with E-state index in [1.807, 2.05) is 41.8 Å². The van der Waals surface area contributed by atoms with Gasteiger partial charge in [-0.1, -0.05) is 18.2 Å². The van der Waals surface area contributed by atoms with Gasteiger partial charge in [-0.05, 0) is 35.7 Å². The highest BCUT2D eigenvalue weighted by Gasteiger charge is 2.35. The van der Waals surface area contributed by atoms with Crippen molar-refractivity contribution < 1.29 is 13.9 Å². The fourth-order valence-corrected chi connectivity index (χ4v) is 3.70. The van der Waals surface area contributed by atoms with E-state index in [-0.39, 0.29) is 17.7 Å². The van der Waals surface area contributed by atoms with Crippen LogP contribution < -0.4 is 4.74 Å². The summed E-state index contributed by atoms with van der Waals surface area (Å²) < 4.78 is 10.6. The van der Waals surface area contributed by atoms with Crippen LogP contribution in [0, 0.1) is 0 Å². The van der Waals surface area contributed by atoms with Gasteiger partial charge in [0.25, 0.3) is 0 Å². The molecular formula is C19H16N2O3S. The molecule has 0 unspecified atom stereocenters. The van der Waals surface area contributed by atoms with Crippen LogP contribution in [-0.2, 0) is 0 Å². The first-order valence-corrected chi connectivity index (χ1v) is 8.76. The summed E-state index contributed by atoms with van der Waals surface area (Å²) >= 11 is 1.62. The summed E-state index contributed by atoms with van der Waals surface area (Å²) in [5.41, 5.74) is 1.81. The number of hydrazone groups is 1. The lowest BCUT2D eigenvalue weighted by Crippen LogP contribution is -2.26. The molecule has 5 nitrogen and oxygen atoms in total. The smallest absolute Gasteiger partial charge is 0.310 e. The average molecular weight is 352 g/mol. The minimum Gasteiger partial charge on any atom is -0.497 e. The molecule has 3 aromatic rings. The van der Waals surface area contributed by atoms with Crippen molar-refractivity contribution in [2.24, 2.45) is 5.10 Å². The molecule has 1 aliphatic rings. The second kappa shape index (κ2) is 6.57. The molecule has 1 aromatic carbocycles. The molecule has 0 saturated carbocycles. The van der Waals surface area contributed by atoms with Crippen LogP contribution in [0.25, 0.3) is 0 Å². The first-order valence-electron chi connectivity index (χ1n) is 7.88. The summed E-state index contributed by atoms with van der Waals surface area (Å²) in [5.74, 6) is 0.821. The lowest BCUT2D eigenvalue weighted by atomic mass is 10.0. The first kappa shape index (κ1) is 15.7. The Labute approximate surface area is 149 Å². The number of carbonyl (C=O) groups excluding carboxylic acids is 1. The van der Waals surface area contributed by atoms with E-state index in [0.29, 0.717) is 6.42 Å². The Kier molecular flexibility index (Phi) is 4.11. The molecular weight excluding hydrogens is 336 g/mol. The van der Waals surface area contributed by atoms with Crippen molar-refractivity contribution in [3.05, 3.63) is 76.4 Å². The van der Waals surface area contributed by atoms with Crippen molar-refractivity contribution >= 4 is 23.0 Å². The summed E-state index contributed by atoms with van der Waals surface area (Å²) in [6.07, 6.45) is 2.15. The molecule has 6 heteroatoms. The minimum atomic E-state index is -0.235. The van der Waals surface area contributed by atoms with Crippen LogP contribution in [0.4, 0.5) is 0 Å². The Morgan fingerprint density at radius 2 is 2.20 bits per heavy atom. The van der Waals surface area contributed by atoms with Gasteiger partial charge < -0.3 is 9.15 Å². The number of hydrogen-bond acceptors (Lipinski definition) is 5. The Bertz CT molecular complexity index is 901. The Hall–Kier alpha value is -2.86. The number of methoxy groups -OCH3 is 1. The standard InChI is InChI=1S/C19H16N2O3S/c1-23-14-6-2-5-13(11-14)15-12-16(18-8-4-10-25-18)21(20-15)19(22)17-7-3-9-24-17/h2-11,16H,12H2,1H3/t16-/m1/s1. The second-order valence-corrected chi connectivity index (χ2v) is 6.62. The first-order chi connectivity index (χ1) is 12.3. The van der Waals surface area contributed by atoms with Gasteiger partial charge in [-0.3, -0.25) is 4.79 Å². The molecule has 0 bridgehead atoms. The van der Waals surface area contributed by atoms with E-state index in [1.165, 1.54) is 11.3 Å². The van der Waals surface area contributed by atoms with Crippen LogP contribution in [0.1, 0.15) is 33.5 Å². The fraction of sp³-hybridized carbons (Fsp3) is 0.158. The van der Waals surface area contributed by atoms with E-state index in [2.05, 4.69) is 5.10 Å². The topological polar surface area (TPSA) is 55.0 Å². The molecule has 126 valence electrons. The highest BCUT2D eigenvalue weighted by atomic mass is 32.1. The summed E-state index contributed by atoms with van der Waals surface area (Å²) in [4.78, 5) is 13.9. The third kappa shape index (κ3) is 2.96. The van der Waals surface area contributed by atoms with Crippen LogP contribution in [0.15, 0.2) is 69.7 Å². The molecule has 0 N–H and O–H groups in total. The molecule has 0 fully saturated rings. The highest BCUT2D eigenvalue weighted by Crippen LogP contribution is 2.36. The summed E-state index contributed by atoms with van der Waals surface area (Å²) in [6, 6.07) is 15.0. The van der Waals surface area contributed by atoms with Gasteiger partial charge in [0.2, 0.25) is 0 Å². The maximum absolute atomic E-state index is 12.8. The molecule has 1 aliphatic heterocycles. The van der Waals surface area contributed by atoms with E-state index in [1.54, 1.807) is 30.6 Å². The van der Waals surface area contributed by atoms with Crippen molar-refractivity contribution in [2.75, 3.05) is 7.11 Å². The van der Waals surface area contributed by atoms with Crippen LogP contribution in [-0.4, -0.2) is 23.7 Å². The quantitative estimate of drug-likeness (QED) is 0.702. The normalized spacial score (nSPS) is 16.8. The Morgan fingerprint density at radius 1 is 1.28 bits per heavy atom. The zero-order valence-corrected chi connectivity index (χ0v) is 14.4. The van der Waals surface area contributed by atoms with E-state index in [4.69, 9.17) is 9.15 Å². The maximum atomic E-state index is 12.8. The number of benzene rings is 1. The van der Waals surface area contributed by atoms with Crippen LogP contribution in [0.2, 0.25) is 0 Å². The van der Waals surface area contributed by atoms with Gasteiger partial charge in [0, 0.05) is 16.9 Å². The molecule has 1 atom stereocenters. The second-order valence-electron chi connectivity index (χ2n) is 5.64. The number of hydrogen-bond donors (Lipinski definition) is 0. The largest absolute Gasteiger partial charge is 0.497 e. The molecule has 0 spiro atoms. The summed E-state index contributed by atoms with van der Waals surface area (Å²) in [6.45, 7) is 0. The Morgan fingerprint density at radius 3 is 2.92 bits per heavy atom. The molecule has 0 radical (unpaired) electrons. The molecule has 1 amide bonds. The zero-order valence-electron chi connectivity index (χ0n) is 13.6. The van der Waals surface area contributed by atoms with Crippen LogP contribution in [0.5, 0.6) is 5.75 Å². The maximum Gasteiger partial charge on any atom is 0.310 e. The minimum absolute atomic E-state index is 0.126. The van der Waals surface area contributed by atoms with Crippen LogP contribution >= 0.6 is 11.3 Å². The van der Waals surface area contributed by atoms with Gasteiger partial charge in [0.1, 0.15) is 5.75 Å². The average Bonchev–Trinajstić information content (AvgIpc) is 3.42. The van der Waals surface area contributed by atoms with Gasteiger partial charge >= 0.3 is 5.91 Å². The lowest BCUT2D eigenvalue weighted by Gasteiger charge is -2.19. The molecule has 25 heavy (non-hydrogen) atoms. The van der Waals surface area contributed by atoms with Crippen LogP contribution in [0.3, 0.4) is 0 Å². The van der Waals surface area contributed by atoms with E-state index in [0.717, 1.165) is 21.9 Å². The predicted molar refractivity (Wildman–Crippen MR) is 96.1 cm³/mol. The van der Waals surface area contributed by atoms with E-state index >= 15 is 0 Å². The molecule has 3 heterocycles. The number of ether oxygens (including phenoxy) is 1. The third-order valence-electron chi connectivity index (χ3n) is 4.12. The van der Waals surface area contributed by atoms with E-state index in [9.17, 15) is 4.79 Å². The van der Waals surface area contributed by atoms with Crippen molar-refractivity contribution in [3.63, 3.8) is 0 Å². The number of carbonyl (C=O) groups is 1. The monoisotopic (exact) mass is 352 g/mol. The predicted octanol–water partition coefficient (Wildman–Crippen LogP) is 4.34.